The lowest BCUT2D eigenvalue weighted by Gasteiger charge is -2.08. The minimum Gasteiger partial charge on any atom is -0.335 e. The summed E-state index contributed by atoms with van der Waals surface area (Å²) in [5.74, 6) is 0.368. The molecule has 2 aromatic carbocycles. The van der Waals surface area contributed by atoms with Crippen LogP contribution in [0, 0.1) is 5.13 Å². The summed E-state index contributed by atoms with van der Waals surface area (Å²) in [4.78, 5) is 30.1. The maximum Gasteiger partial charge on any atom is 0.255 e. The largest absolute Gasteiger partial charge is 0.335 e. The summed E-state index contributed by atoms with van der Waals surface area (Å²) in [5.41, 5.74) is 6.57. The molecule has 0 aliphatic heterocycles. The van der Waals surface area contributed by atoms with Crippen molar-refractivity contribution in [2.24, 2.45) is 0 Å². The van der Waals surface area contributed by atoms with Crippen LogP contribution in [0.3, 0.4) is 0 Å². The van der Waals surface area contributed by atoms with Gasteiger partial charge in [-0.25, -0.2) is 4.98 Å². The summed E-state index contributed by atoms with van der Waals surface area (Å²) in [6.07, 6.45) is 6.75. The van der Waals surface area contributed by atoms with Gasteiger partial charge in [-0.1, -0.05) is 24.3 Å². The first-order valence-corrected chi connectivity index (χ1v) is 12.8. The molecule has 0 bridgehead atoms. The number of amides is 1. The Labute approximate surface area is 224 Å². The number of hydrogen-bond donors (Lipinski definition) is 3. The summed E-state index contributed by atoms with van der Waals surface area (Å²) in [6, 6.07) is 20.0. The zero-order valence-corrected chi connectivity index (χ0v) is 21.0. The van der Waals surface area contributed by atoms with Crippen molar-refractivity contribution < 1.29 is 9.18 Å². The molecule has 7 rings (SSSR count). The number of hydrogen-bond acceptors (Lipinski definition) is 6. The van der Waals surface area contributed by atoms with Gasteiger partial charge in [-0.05, 0) is 48.0 Å². The highest BCUT2D eigenvalue weighted by Crippen LogP contribution is 2.35. The van der Waals surface area contributed by atoms with Crippen LogP contribution in [0.25, 0.3) is 55.0 Å². The molecule has 0 aliphatic carbocycles. The van der Waals surface area contributed by atoms with Gasteiger partial charge in [0.25, 0.3) is 5.91 Å². The topological polar surface area (TPSA) is 112 Å². The van der Waals surface area contributed by atoms with Crippen molar-refractivity contribution in [3.05, 3.63) is 102 Å². The number of thiophene rings is 1. The number of aromatic nitrogens is 6. The molecule has 3 N–H and O–H groups in total. The highest BCUT2D eigenvalue weighted by Gasteiger charge is 2.17. The predicted molar refractivity (Wildman–Crippen MR) is 150 cm³/mol. The number of benzene rings is 2. The van der Waals surface area contributed by atoms with Gasteiger partial charge in [0.15, 0.2) is 11.0 Å². The number of H-pyrrole nitrogens is 2. The fraction of sp³-hybridized carbons (Fsp3) is 0. The number of carbonyl (C=O) groups excluding carboxylic acids is 1. The van der Waals surface area contributed by atoms with E-state index in [9.17, 15) is 9.18 Å². The third-order valence-electron chi connectivity index (χ3n) is 6.39. The molecule has 10 heteroatoms. The van der Waals surface area contributed by atoms with E-state index in [0.717, 1.165) is 49.3 Å². The highest BCUT2D eigenvalue weighted by molar-refractivity contribution is 7.14. The van der Waals surface area contributed by atoms with E-state index in [1.54, 1.807) is 43.0 Å². The van der Waals surface area contributed by atoms with Crippen LogP contribution in [-0.2, 0) is 0 Å². The number of nitrogens with zero attached hydrogens (tertiary/aromatic N) is 4. The number of fused-ring (bicyclic) bond motifs is 2. The summed E-state index contributed by atoms with van der Waals surface area (Å²) in [7, 11) is 0. The van der Waals surface area contributed by atoms with E-state index in [0.29, 0.717) is 28.3 Å². The zero-order valence-electron chi connectivity index (χ0n) is 20.1. The maximum atomic E-state index is 13.7. The molecule has 5 heterocycles. The van der Waals surface area contributed by atoms with Gasteiger partial charge in [-0.15, -0.1) is 11.3 Å². The van der Waals surface area contributed by atoms with Crippen molar-refractivity contribution in [1.82, 2.24) is 30.1 Å². The van der Waals surface area contributed by atoms with E-state index in [2.05, 4.69) is 30.5 Å². The van der Waals surface area contributed by atoms with Gasteiger partial charge >= 0.3 is 0 Å². The minimum absolute atomic E-state index is 0.203. The van der Waals surface area contributed by atoms with Gasteiger partial charge in [0.05, 0.1) is 29.1 Å². The summed E-state index contributed by atoms with van der Waals surface area (Å²) in [6.45, 7) is 0. The van der Waals surface area contributed by atoms with Crippen LogP contribution in [0.15, 0.2) is 91.5 Å². The molecule has 5 aromatic heterocycles. The van der Waals surface area contributed by atoms with Crippen molar-refractivity contribution in [3.8, 4) is 33.1 Å². The molecule has 0 saturated heterocycles. The van der Waals surface area contributed by atoms with E-state index >= 15 is 0 Å². The van der Waals surface area contributed by atoms with Gasteiger partial charge in [0.1, 0.15) is 11.2 Å². The van der Waals surface area contributed by atoms with E-state index in [1.807, 2.05) is 42.5 Å². The average Bonchev–Trinajstić information content (AvgIpc) is 3.71. The number of carbonyl (C=O) groups is 1. The standard InChI is InChI=1S/C29H18FN7OS/c30-25-9-8-24(39-25)21-14-32-15-23-26(21)35-28(34-23)27-20-11-17(6-7-22(20)36-37-27)18-10-19(13-31-12-18)33-29(38)16-4-2-1-3-5-16/h1-15H,(H,33,38)(H,34,35)(H,36,37). The average molecular weight is 532 g/mol. The lowest BCUT2D eigenvalue weighted by molar-refractivity contribution is 0.102. The number of pyridine rings is 2. The molecule has 0 spiro atoms. The Hall–Kier alpha value is -5.22. The molecule has 39 heavy (non-hydrogen) atoms. The first-order chi connectivity index (χ1) is 19.1. The molecule has 1 amide bonds. The van der Waals surface area contributed by atoms with Gasteiger partial charge in [0.2, 0.25) is 0 Å². The van der Waals surface area contributed by atoms with Crippen LogP contribution in [0.1, 0.15) is 10.4 Å². The lowest BCUT2D eigenvalue weighted by atomic mass is 10.0. The first-order valence-electron chi connectivity index (χ1n) is 12.0. The molecule has 8 nitrogen and oxygen atoms in total. The van der Waals surface area contributed by atoms with E-state index < -0.39 is 0 Å². The van der Waals surface area contributed by atoms with Crippen molar-refractivity contribution in [2.75, 3.05) is 5.32 Å². The molecule has 0 aliphatic rings. The van der Waals surface area contributed by atoms with Gasteiger partial charge in [0, 0.05) is 39.3 Å². The predicted octanol–water partition coefficient (Wildman–Crippen LogP) is 6.68. The van der Waals surface area contributed by atoms with Crippen molar-refractivity contribution in [3.63, 3.8) is 0 Å². The minimum atomic E-state index is -0.262. The second kappa shape index (κ2) is 9.26. The molecule has 0 unspecified atom stereocenters. The van der Waals surface area contributed by atoms with Crippen LogP contribution in [0.5, 0.6) is 0 Å². The molecular formula is C29H18FN7OS. The van der Waals surface area contributed by atoms with Gasteiger partial charge in [-0.2, -0.15) is 9.49 Å². The molecule has 0 fully saturated rings. The Morgan fingerprint density at radius 1 is 0.872 bits per heavy atom. The molecule has 7 aromatic rings. The number of rotatable bonds is 5. The summed E-state index contributed by atoms with van der Waals surface area (Å²) >= 11 is 1.05. The second-order valence-corrected chi connectivity index (χ2v) is 9.92. The highest BCUT2D eigenvalue weighted by atomic mass is 32.1. The van der Waals surface area contributed by atoms with E-state index in [4.69, 9.17) is 4.98 Å². The van der Waals surface area contributed by atoms with Gasteiger partial charge in [-0.3, -0.25) is 19.9 Å². The lowest BCUT2D eigenvalue weighted by Crippen LogP contribution is -2.11. The molecule has 188 valence electrons. The van der Waals surface area contributed by atoms with Crippen LogP contribution in [0.4, 0.5) is 10.1 Å². The van der Waals surface area contributed by atoms with Gasteiger partial charge < -0.3 is 10.3 Å². The number of aromatic amines is 2. The number of nitrogens with one attached hydrogen (secondary N) is 3. The fourth-order valence-electron chi connectivity index (χ4n) is 4.52. The Kier molecular flexibility index (Phi) is 5.45. The molecule has 0 saturated carbocycles. The molecule has 0 atom stereocenters. The number of anilines is 1. The summed E-state index contributed by atoms with van der Waals surface area (Å²) < 4.78 is 13.7. The summed E-state index contributed by atoms with van der Waals surface area (Å²) in [5, 5.41) is 11.1. The van der Waals surface area contributed by atoms with Crippen molar-refractivity contribution in [2.45, 2.75) is 0 Å². The zero-order chi connectivity index (χ0) is 26.3. The van der Waals surface area contributed by atoms with Crippen LogP contribution in [-0.4, -0.2) is 36.0 Å². The monoisotopic (exact) mass is 531 g/mol. The van der Waals surface area contributed by atoms with Crippen LogP contribution < -0.4 is 5.32 Å². The Balaban J connectivity index is 1.25. The SMILES string of the molecule is O=C(Nc1cncc(-c2ccc3[nH]nc(-c4nc5c(-c6ccc(F)s6)cncc5[nH]4)c3c2)c1)c1ccccc1. The number of imidazole rings is 1. The third-order valence-corrected chi connectivity index (χ3v) is 7.29. The Bertz CT molecular complexity index is 1990. The first kappa shape index (κ1) is 22.9. The van der Waals surface area contributed by atoms with Crippen LogP contribution >= 0.6 is 11.3 Å². The molecule has 0 radical (unpaired) electrons. The fourth-order valence-corrected chi connectivity index (χ4v) is 5.26. The van der Waals surface area contributed by atoms with Crippen LogP contribution in [0.2, 0.25) is 0 Å². The Morgan fingerprint density at radius 2 is 1.74 bits per heavy atom. The maximum absolute atomic E-state index is 13.7. The van der Waals surface area contributed by atoms with Crippen molar-refractivity contribution in [1.29, 1.82) is 0 Å². The van der Waals surface area contributed by atoms with E-state index in [-0.39, 0.29) is 11.0 Å². The third kappa shape index (κ3) is 4.22. The van der Waals surface area contributed by atoms with Crippen molar-refractivity contribution >= 4 is 44.9 Å². The number of halogens is 1. The van der Waals surface area contributed by atoms with E-state index in [1.165, 1.54) is 6.07 Å². The molecular weight excluding hydrogens is 513 g/mol. The smallest absolute Gasteiger partial charge is 0.255 e. The second-order valence-electron chi connectivity index (χ2n) is 8.89. The Morgan fingerprint density at radius 3 is 2.59 bits per heavy atom. The quantitative estimate of drug-likeness (QED) is 0.229. The normalized spacial score (nSPS) is 11.3.